The van der Waals surface area contributed by atoms with E-state index in [0.29, 0.717) is 19.0 Å². The lowest BCUT2D eigenvalue weighted by atomic mass is 10.2. The minimum atomic E-state index is 0.139. The third-order valence-electron chi connectivity index (χ3n) is 4.14. The van der Waals surface area contributed by atoms with Crippen molar-refractivity contribution in [1.29, 1.82) is 0 Å². The number of morpholine rings is 1. The molecule has 0 saturated carbocycles. The van der Waals surface area contributed by atoms with Crippen LogP contribution in [0.2, 0.25) is 0 Å². The first-order valence-corrected chi connectivity index (χ1v) is 9.39. The van der Waals surface area contributed by atoms with Crippen LogP contribution in [-0.4, -0.2) is 74.9 Å². The van der Waals surface area contributed by atoms with Gasteiger partial charge in [0, 0.05) is 37.8 Å². The van der Waals surface area contributed by atoms with Crippen LogP contribution in [0.5, 0.6) is 0 Å². The normalized spacial score (nSPS) is 22.3. The van der Waals surface area contributed by atoms with Crippen molar-refractivity contribution in [1.82, 2.24) is 30.4 Å². The van der Waals surface area contributed by atoms with Gasteiger partial charge in [-0.3, -0.25) is 9.69 Å². The van der Waals surface area contributed by atoms with E-state index in [1.165, 1.54) is 0 Å². The first kappa shape index (κ1) is 16.7. The van der Waals surface area contributed by atoms with Gasteiger partial charge in [0.15, 0.2) is 5.82 Å². The highest BCUT2D eigenvalue weighted by Crippen LogP contribution is 2.17. The van der Waals surface area contributed by atoms with Crippen molar-refractivity contribution in [2.24, 2.45) is 0 Å². The number of thioether (sulfide) groups is 1. The number of amides is 1. The Balaban J connectivity index is 1.39. The highest BCUT2D eigenvalue weighted by Gasteiger charge is 2.18. The fourth-order valence-corrected chi connectivity index (χ4v) is 3.96. The van der Waals surface area contributed by atoms with Crippen LogP contribution in [0.1, 0.15) is 25.1 Å². The maximum atomic E-state index is 11.9. The molecule has 0 aromatic carbocycles. The fraction of sp³-hybridized carbons (Fsp3) is 0.857. The molecule has 1 atom stereocenters. The van der Waals surface area contributed by atoms with E-state index in [1.54, 1.807) is 0 Å². The third-order valence-corrected chi connectivity index (χ3v) is 5.31. The van der Waals surface area contributed by atoms with E-state index in [2.05, 4.69) is 25.7 Å². The molecule has 0 radical (unpaired) electrons. The molecule has 0 aliphatic carbocycles. The maximum Gasteiger partial charge on any atom is 0.220 e. The van der Waals surface area contributed by atoms with Crippen molar-refractivity contribution in [2.45, 2.75) is 38.4 Å². The molecule has 2 saturated heterocycles. The number of carbonyl (C=O) groups is 1. The summed E-state index contributed by atoms with van der Waals surface area (Å²) in [6.07, 6.45) is 2.37. The van der Waals surface area contributed by atoms with Crippen LogP contribution in [0, 0.1) is 0 Å². The summed E-state index contributed by atoms with van der Waals surface area (Å²) < 4.78 is 7.16. The molecular formula is C14H24N6O2S. The fourth-order valence-electron chi connectivity index (χ4n) is 2.81. The van der Waals surface area contributed by atoms with Crippen molar-refractivity contribution in [3.8, 4) is 0 Å². The zero-order valence-electron chi connectivity index (χ0n) is 13.3. The van der Waals surface area contributed by atoms with Crippen molar-refractivity contribution >= 4 is 17.7 Å². The summed E-state index contributed by atoms with van der Waals surface area (Å²) in [6, 6.07) is 0.359. The van der Waals surface area contributed by atoms with E-state index in [0.717, 1.165) is 63.0 Å². The SMILES string of the molecule is O=C(CCCn1nnnc1CN1CCOCC1)N[C@@H]1CCSC1. The van der Waals surface area contributed by atoms with Gasteiger partial charge < -0.3 is 10.1 Å². The van der Waals surface area contributed by atoms with Crippen LogP contribution in [-0.2, 0) is 22.6 Å². The minimum Gasteiger partial charge on any atom is -0.379 e. The molecule has 1 aromatic heterocycles. The Bertz CT molecular complexity index is 499. The van der Waals surface area contributed by atoms with Crippen LogP contribution in [0.25, 0.3) is 0 Å². The molecule has 1 aromatic rings. The van der Waals surface area contributed by atoms with Gasteiger partial charge in [0.2, 0.25) is 5.91 Å². The lowest BCUT2D eigenvalue weighted by molar-refractivity contribution is -0.121. The van der Waals surface area contributed by atoms with E-state index in [4.69, 9.17) is 4.74 Å². The van der Waals surface area contributed by atoms with E-state index in [9.17, 15) is 4.79 Å². The summed E-state index contributed by atoms with van der Waals surface area (Å²) in [5.41, 5.74) is 0. The molecule has 9 heteroatoms. The Hall–Kier alpha value is -1.19. The topological polar surface area (TPSA) is 85.2 Å². The first-order valence-electron chi connectivity index (χ1n) is 8.23. The quantitative estimate of drug-likeness (QED) is 0.742. The van der Waals surface area contributed by atoms with Crippen LogP contribution < -0.4 is 5.32 Å². The molecule has 3 heterocycles. The Morgan fingerprint density at radius 2 is 2.26 bits per heavy atom. The van der Waals surface area contributed by atoms with E-state index in [-0.39, 0.29) is 5.91 Å². The van der Waals surface area contributed by atoms with Crippen LogP contribution in [0.15, 0.2) is 0 Å². The van der Waals surface area contributed by atoms with E-state index < -0.39 is 0 Å². The van der Waals surface area contributed by atoms with Crippen LogP contribution in [0.4, 0.5) is 0 Å². The molecule has 1 amide bonds. The van der Waals surface area contributed by atoms with Gasteiger partial charge in [0.25, 0.3) is 0 Å². The second-order valence-electron chi connectivity index (χ2n) is 5.94. The number of aromatic nitrogens is 4. The largest absolute Gasteiger partial charge is 0.379 e. The molecule has 0 bridgehead atoms. The molecule has 23 heavy (non-hydrogen) atoms. The minimum absolute atomic E-state index is 0.139. The van der Waals surface area contributed by atoms with Gasteiger partial charge in [-0.05, 0) is 29.0 Å². The van der Waals surface area contributed by atoms with Crippen LogP contribution >= 0.6 is 11.8 Å². The van der Waals surface area contributed by atoms with Gasteiger partial charge in [-0.15, -0.1) is 5.10 Å². The second-order valence-corrected chi connectivity index (χ2v) is 7.09. The third kappa shape index (κ3) is 5.15. The Morgan fingerprint density at radius 1 is 1.39 bits per heavy atom. The summed E-state index contributed by atoms with van der Waals surface area (Å²) >= 11 is 1.91. The number of hydrogen-bond donors (Lipinski definition) is 1. The van der Waals surface area contributed by atoms with Gasteiger partial charge >= 0.3 is 0 Å². The molecule has 2 aliphatic rings. The monoisotopic (exact) mass is 340 g/mol. The zero-order chi connectivity index (χ0) is 15.9. The summed E-state index contributed by atoms with van der Waals surface area (Å²) in [6.45, 7) is 4.77. The highest BCUT2D eigenvalue weighted by molar-refractivity contribution is 7.99. The van der Waals surface area contributed by atoms with Gasteiger partial charge in [-0.2, -0.15) is 11.8 Å². The molecule has 3 rings (SSSR count). The summed E-state index contributed by atoms with van der Waals surface area (Å²) in [5.74, 6) is 3.20. The first-order chi connectivity index (χ1) is 11.3. The van der Waals surface area contributed by atoms with E-state index in [1.807, 2.05) is 16.4 Å². The smallest absolute Gasteiger partial charge is 0.220 e. The van der Waals surface area contributed by atoms with Crippen molar-refractivity contribution in [3.05, 3.63) is 5.82 Å². The van der Waals surface area contributed by atoms with Gasteiger partial charge in [-0.1, -0.05) is 0 Å². The molecule has 2 fully saturated rings. The predicted molar refractivity (Wildman–Crippen MR) is 87.0 cm³/mol. The number of hydrogen-bond acceptors (Lipinski definition) is 7. The van der Waals surface area contributed by atoms with Gasteiger partial charge in [0.1, 0.15) is 0 Å². The number of ether oxygens (including phenoxy) is 1. The average molecular weight is 340 g/mol. The number of nitrogens with one attached hydrogen (secondary N) is 1. The lowest BCUT2D eigenvalue weighted by Gasteiger charge is -2.25. The van der Waals surface area contributed by atoms with Gasteiger partial charge in [-0.25, -0.2) is 4.68 Å². The van der Waals surface area contributed by atoms with Gasteiger partial charge in [0.05, 0.1) is 19.8 Å². The Morgan fingerprint density at radius 3 is 3.04 bits per heavy atom. The molecular weight excluding hydrogens is 316 g/mol. The summed E-state index contributed by atoms with van der Waals surface area (Å²) in [5, 5.41) is 15.0. The van der Waals surface area contributed by atoms with Crippen molar-refractivity contribution in [3.63, 3.8) is 0 Å². The summed E-state index contributed by atoms with van der Waals surface area (Å²) in [4.78, 5) is 14.2. The summed E-state index contributed by atoms with van der Waals surface area (Å²) in [7, 11) is 0. The molecule has 8 nitrogen and oxygen atoms in total. The second kappa shape index (κ2) is 8.60. The Kier molecular flexibility index (Phi) is 6.23. The lowest BCUT2D eigenvalue weighted by Crippen LogP contribution is -2.36. The standard InChI is InChI=1S/C14H24N6O2S/c21-14(15-12-3-9-23-11-12)2-1-4-20-13(16-17-18-20)10-19-5-7-22-8-6-19/h12H,1-11H2,(H,15,21)/t12-/m1/s1. The Labute approximate surface area is 140 Å². The molecule has 0 unspecified atom stereocenters. The van der Waals surface area contributed by atoms with Crippen molar-refractivity contribution < 1.29 is 9.53 Å². The molecule has 0 spiro atoms. The van der Waals surface area contributed by atoms with Crippen LogP contribution in [0.3, 0.4) is 0 Å². The van der Waals surface area contributed by atoms with E-state index >= 15 is 0 Å². The average Bonchev–Trinajstić information content (AvgIpc) is 3.21. The van der Waals surface area contributed by atoms with Crippen molar-refractivity contribution in [2.75, 3.05) is 37.8 Å². The molecule has 128 valence electrons. The number of nitrogens with zero attached hydrogens (tertiary/aromatic N) is 5. The molecule has 1 N–H and O–H groups in total. The highest BCUT2D eigenvalue weighted by atomic mass is 32.2. The maximum absolute atomic E-state index is 11.9. The zero-order valence-corrected chi connectivity index (χ0v) is 14.1. The predicted octanol–water partition coefficient (Wildman–Crippen LogP) is -0.0928. The molecule has 2 aliphatic heterocycles. The number of carbonyl (C=O) groups excluding carboxylic acids is 1. The number of aryl methyl sites for hydroxylation is 1. The number of rotatable bonds is 7. The number of tetrazole rings is 1.